The molecule has 0 aromatic heterocycles. The van der Waals surface area contributed by atoms with Crippen molar-refractivity contribution in [1.82, 2.24) is 5.32 Å². The molecule has 0 heterocycles. The molecule has 2 unspecified atom stereocenters. The summed E-state index contributed by atoms with van der Waals surface area (Å²) in [5.74, 6) is -0.0983. The molecule has 0 aromatic carbocycles. The van der Waals surface area contributed by atoms with Crippen LogP contribution in [0.3, 0.4) is 0 Å². The van der Waals surface area contributed by atoms with Gasteiger partial charge < -0.3 is 15.5 Å². The average Bonchev–Trinajstić information content (AvgIpc) is 3.40. The maximum atomic E-state index is 12.5. The Bertz CT molecular complexity index is 1560. The minimum atomic E-state index is -0.890. The van der Waals surface area contributed by atoms with Gasteiger partial charge in [0.15, 0.2) is 0 Å². The molecule has 0 radical (unpaired) electrons. The first kappa shape index (κ1) is 69.0. The summed E-state index contributed by atoms with van der Waals surface area (Å²) in [4.78, 5) is 12.5. The Morgan fingerprint density at radius 1 is 0.342 bits per heavy atom. The maximum Gasteiger partial charge on any atom is 0.220 e. The third kappa shape index (κ3) is 58.8. The molecule has 0 bridgehead atoms. The van der Waals surface area contributed by atoms with Gasteiger partial charge in [0.1, 0.15) is 0 Å². The Morgan fingerprint density at radius 3 is 0.959 bits per heavy atom. The molecule has 4 heteroatoms. The van der Waals surface area contributed by atoms with Crippen LogP contribution in [0, 0.1) is 0 Å². The summed E-state index contributed by atoms with van der Waals surface area (Å²) in [5.41, 5.74) is 0. The monoisotopic (exact) mass is 1000 g/mol. The third-order valence-corrected chi connectivity index (χ3v) is 12.7. The summed E-state index contributed by atoms with van der Waals surface area (Å²) in [7, 11) is 0. The van der Waals surface area contributed by atoms with Gasteiger partial charge in [0.2, 0.25) is 5.91 Å². The molecule has 4 nitrogen and oxygen atoms in total. The van der Waals surface area contributed by atoms with E-state index in [0.29, 0.717) is 6.42 Å². The van der Waals surface area contributed by atoms with Crippen LogP contribution in [0.1, 0.15) is 251 Å². The standard InChI is InChI=1S/C69H113NO3/c1-3-5-7-9-11-13-15-17-19-21-23-25-27-29-30-31-32-33-34-35-36-37-38-39-40-41-43-45-47-49-51-53-55-57-59-61-63-65-69(73)70-67(66-71)68(72)64-62-60-58-56-54-52-50-48-46-44-42-28-26-24-22-20-18-16-14-12-10-8-6-4-2/h5,7,11,13,17,19,23,25,29-30,32-33,35-36,38-39,41,43,46-49,54,56,62,64,67-68,71-72H,3-4,6,8-10,12,14-16,18,20-22,24,26-28,31,34,37,40,42,44-45,50-53,55,57-61,63,65-66H2,1-2H3,(H,70,73)/b7-5-,13-11-,19-17-,25-23-,30-29-,33-32-,36-35-,39-38-,43-41-,48-46+,49-47-,56-54+,64-62+. The van der Waals surface area contributed by atoms with Crippen molar-refractivity contribution < 1.29 is 15.0 Å². The first-order valence-corrected chi connectivity index (χ1v) is 30.2. The number of hydrogen-bond acceptors (Lipinski definition) is 3. The highest BCUT2D eigenvalue weighted by atomic mass is 16.3. The van der Waals surface area contributed by atoms with E-state index in [-0.39, 0.29) is 12.5 Å². The highest BCUT2D eigenvalue weighted by Gasteiger charge is 2.17. The van der Waals surface area contributed by atoms with Gasteiger partial charge in [-0.2, -0.15) is 0 Å². The van der Waals surface area contributed by atoms with Gasteiger partial charge in [-0.05, 0) is 122 Å². The molecule has 412 valence electrons. The number of aliphatic hydroxyl groups excluding tert-OH is 2. The van der Waals surface area contributed by atoms with Crippen molar-refractivity contribution in [2.45, 2.75) is 264 Å². The first-order chi connectivity index (χ1) is 36.2. The summed E-state index contributed by atoms with van der Waals surface area (Å²) >= 11 is 0. The predicted octanol–water partition coefficient (Wildman–Crippen LogP) is 20.5. The second-order valence-electron chi connectivity index (χ2n) is 19.7. The number of hydrogen-bond donors (Lipinski definition) is 3. The number of allylic oxidation sites excluding steroid dienone is 25. The smallest absolute Gasteiger partial charge is 0.220 e. The Labute approximate surface area is 452 Å². The summed E-state index contributed by atoms with van der Waals surface area (Å²) in [6.45, 7) is 4.17. The summed E-state index contributed by atoms with van der Waals surface area (Å²) in [5, 5.41) is 23.2. The maximum absolute atomic E-state index is 12.5. The van der Waals surface area contributed by atoms with Crippen LogP contribution in [0.4, 0.5) is 0 Å². The Balaban J connectivity index is 3.70. The van der Waals surface area contributed by atoms with Crippen LogP contribution >= 0.6 is 0 Å². The lowest BCUT2D eigenvalue weighted by molar-refractivity contribution is -0.123. The molecule has 0 saturated carbocycles. The fraction of sp³-hybridized carbons (Fsp3) is 0.609. The van der Waals surface area contributed by atoms with Crippen LogP contribution in [0.25, 0.3) is 0 Å². The zero-order chi connectivity index (χ0) is 52.7. The SMILES string of the molecule is CC/C=C\C/C=C\C/C=C\C/C=C\C/C=C\C/C=C\C/C=C\C/C=C\C/C=C\C/C=C\CCCCCCCCC(=O)NC(CO)C(O)/C=C/CC/C=C/CC/C=C/CCCCCCCCCCCCCCCC. The average molecular weight is 1000 g/mol. The lowest BCUT2D eigenvalue weighted by Gasteiger charge is -2.19. The van der Waals surface area contributed by atoms with Crippen molar-refractivity contribution in [1.29, 1.82) is 0 Å². The van der Waals surface area contributed by atoms with Gasteiger partial charge in [-0.3, -0.25) is 4.79 Å². The molecule has 0 saturated heterocycles. The Kier molecular flexibility index (Phi) is 58.9. The van der Waals surface area contributed by atoms with Gasteiger partial charge in [0.05, 0.1) is 18.8 Å². The van der Waals surface area contributed by atoms with Crippen LogP contribution in [-0.2, 0) is 4.79 Å². The molecule has 1 amide bonds. The normalized spacial score (nSPS) is 14.0. The van der Waals surface area contributed by atoms with E-state index in [4.69, 9.17) is 0 Å². The van der Waals surface area contributed by atoms with E-state index in [2.05, 4.69) is 165 Å². The molecule has 2 atom stereocenters. The molecule has 0 aliphatic carbocycles. The predicted molar refractivity (Wildman–Crippen MR) is 326 cm³/mol. The van der Waals surface area contributed by atoms with Gasteiger partial charge in [-0.25, -0.2) is 0 Å². The molecule has 0 spiro atoms. The number of rotatable bonds is 53. The summed E-state index contributed by atoms with van der Waals surface area (Å²) in [6, 6.07) is -0.667. The van der Waals surface area contributed by atoms with E-state index in [1.54, 1.807) is 6.08 Å². The number of carbonyl (C=O) groups excluding carboxylic acids is 1. The minimum absolute atomic E-state index is 0.0983. The highest BCUT2D eigenvalue weighted by Crippen LogP contribution is 2.14. The van der Waals surface area contributed by atoms with E-state index in [0.717, 1.165) is 116 Å². The molecule has 0 fully saturated rings. The van der Waals surface area contributed by atoms with Crippen LogP contribution in [0.15, 0.2) is 158 Å². The number of nitrogens with one attached hydrogen (secondary N) is 1. The van der Waals surface area contributed by atoms with Gasteiger partial charge in [-0.1, -0.05) is 281 Å². The van der Waals surface area contributed by atoms with Crippen LogP contribution in [0.5, 0.6) is 0 Å². The highest BCUT2D eigenvalue weighted by molar-refractivity contribution is 5.76. The quantitative estimate of drug-likeness (QED) is 0.0420. The van der Waals surface area contributed by atoms with Crippen molar-refractivity contribution in [3.8, 4) is 0 Å². The van der Waals surface area contributed by atoms with E-state index >= 15 is 0 Å². The van der Waals surface area contributed by atoms with E-state index in [1.807, 2.05) is 6.08 Å². The molecule has 73 heavy (non-hydrogen) atoms. The Hall–Kier alpha value is -3.99. The second-order valence-corrected chi connectivity index (χ2v) is 19.7. The number of amides is 1. The van der Waals surface area contributed by atoms with Crippen LogP contribution in [-0.4, -0.2) is 34.9 Å². The van der Waals surface area contributed by atoms with Crippen molar-refractivity contribution in [3.63, 3.8) is 0 Å². The molecular weight excluding hydrogens is 891 g/mol. The van der Waals surface area contributed by atoms with Gasteiger partial charge in [-0.15, -0.1) is 0 Å². The van der Waals surface area contributed by atoms with Crippen LogP contribution in [0.2, 0.25) is 0 Å². The number of aliphatic hydroxyl groups is 2. The molecule has 0 aromatic rings. The van der Waals surface area contributed by atoms with E-state index in [9.17, 15) is 15.0 Å². The zero-order valence-electron chi connectivity index (χ0n) is 47.3. The fourth-order valence-corrected chi connectivity index (χ4v) is 8.18. The van der Waals surface area contributed by atoms with Crippen LogP contribution < -0.4 is 5.32 Å². The van der Waals surface area contributed by atoms with E-state index in [1.165, 1.54) is 116 Å². The minimum Gasteiger partial charge on any atom is -0.394 e. The van der Waals surface area contributed by atoms with Crippen molar-refractivity contribution in [2.75, 3.05) is 6.61 Å². The first-order valence-electron chi connectivity index (χ1n) is 30.2. The molecular formula is C69H113NO3. The second kappa shape index (κ2) is 62.3. The topological polar surface area (TPSA) is 69.6 Å². The summed E-state index contributed by atoms with van der Waals surface area (Å²) in [6.07, 6.45) is 99.8. The Morgan fingerprint density at radius 2 is 0.616 bits per heavy atom. The van der Waals surface area contributed by atoms with Gasteiger partial charge in [0, 0.05) is 6.42 Å². The van der Waals surface area contributed by atoms with Gasteiger partial charge in [0.25, 0.3) is 0 Å². The lowest BCUT2D eigenvalue weighted by atomic mass is 10.0. The summed E-state index contributed by atoms with van der Waals surface area (Å²) < 4.78 is 0. The van der Waals surface area contributed by atoms with Crippen molar-refractivity contribution >= 4 is 5.91 Å². The molecule has 0 aliphatic rings. The third-order valence-electron chi connectivity index (χ3n) is 12.7. The van der Waals surface area contributed by atoms with Crippen molar-refractivity contribution in [3.05, 3.63) is 158 Å². The van der Waals surface area contributed by atoms with Crippen molar-refractivity contribution in [2.24, 2.45) is 0 Å². The number of carbonyl (C=O) groups is 1. The zero-order valence-corrected chi connectivity index (χ0v) is 47.3. The molecule has 0 aliphatic heterocycles. The number of unbranched alkanes of at least 4 members (excludes halogenated alkanes) is 22. The van der Waals surface area contributed by atoms with Gasteiger partial charge >= 0.3 is 0 Å². The largest absolute Gasteiger partial charge is 0.394 e. The lowest BCUT2D eigenvalue weighted by Crippen LogP contribution is -2.45. The fourth-order valence-electron chi connectivity index (χ4n) is 8.18. The van der Waals surface area contributed by atoms with E-state index < -0.39 is 12.1 Å². The molecule has 3 N–H and O–H groups in total. The molecule has 0 rings (SSSR count).